The molecule has 0 N–H and O–H groups in total. The molecular weight excluding hydrogens is 259 g/mol. The van der Waals surface area contributed by atoms with E-state index in [1.165, 1.54) is 6.07 Å². The first-order valence-corrected chi connectivity index (χ1v) is 6.74. The number of thioether (sulfide) groups is 1. The highest BCUT2D eigenvalue weighted by Gasteiger charge is 2.15. The number of rotatable bonds is 4. The van der Waals surface area contributed by atoms with Crippen LogP contribution in [-0.4, -0.2) is 16.3 Å². The fourth-order valence-corrected chi connectivity index (χ4v) is 2.14. The number of carbonyl (C=O) groups excluding carboxylic acids is 1. The van der Waals surface area contributed by atoms with E-state index in [0.717, 1.165) is 0 Å². The standard InChI is InChI=1S/C13H16ClFOS/c1-13(2,3)17-8-10(16)7-9-5-4-6-11(14)12(9)15/h4-6H,7-8H2,1-3H3. The predicted octanol–water partition coefficient (Wildman–Crippen LogP) is 4.12. The summed E-state index contributed by atoms with van der Waals surface area (Å²) in [7, 11) is 0. The van der Waals surface area contributed by atoms with Crippen molar-refractivity contribution in [3.63, 3.8) is 0 Å². The van der Waals surface area contributed by atoms with Crippen LogP contribution in [-0.2, 0) is 11.2 Å². The second-order valence-corrected chi connectivity index (χ2v) is 7.04. The molecule has 0 unspecified atom stereocenters. The van der Waals surface area contributed by atoms with E-state index in [2.05, 4.69) is 0 Å². The van der Waals surface area contributed by atoms with Gasteiger partial charge >= 0.3 is 0 Å². The lowest BCUT2D eigenvalue weighted by molar-refractivity contribution is -0.116. The summed E-state index contributed by atoms with van der Waals surface area (Å²) in [5, 5.41) is 0.0683. The lowest BCUT2D eigenvalue weighted by Crippen LogP contribution is -2.14. The van der Waals surface area contributed by atoms with Gasteiger partial charge in [0.05, 0.1) is 10.8 Å². The molecule has 0 aliphatic rings. The molecule has 1 aromatic rings. The molecule has 0 saturated carbocycles. The first-order valence-electron chi connectivity index (χ1n) is 5.38. The summed E-state index contributed by atoms with van der Waals surface area (Å²) in [5.41, 5.74) is 0.372. The molecule has 0 aliphatic heterocycles. The van der Waals surface area contributed by atoms with Gasteiger partial charge in [-0.2, -0.15) is 0 Å². The lowest BCUT2D eigenvalue weighted by Gasteiger charge is -2.16. The van der Waals surface area contributed by atoms with Crippen LogP contribution in [0.4, 0.5) is 4.39 Å². The molecule has 1 nitrogen and oxygen atoms in total. The van der Waals surface area contributed by atoms with Crippen molar-refractivity contribution in [2.75, 3.05) is 5.75 Å². The number of hydrogen-bond donors (Lipinski definition) is 0. The fourth-order valence-electron chi connectivity index (χ4n) is 1.25. The Balaban J connectivity index is 2.60. The van der Waals surface area contributed by atoms with Crippen LogP contribution in [0.5, 0.6) is 0 Å². The highest BCUT2D eigenvalue weighted by atomic mass is 35.5. The molecule has 0 aromatic heterocycles. The van der Waals surface area contributed by atoms with Gasteiger partial charge in [0.15, 0.2) is 0 Å². The van der Waals surface area contributed by atoms with Crippen molar-refractivity contribution in [3.05, 3.63) is 34.6 Å². The second kappa shape index (κ2) is 5.87. The van der Waals surface area contributed by atoms with Crippen molar-refractivity contribution in [2.24, 2.45) is 0 Å². The molecule has 4 heteroatoms. The molecule has 0 heterocycles. The van der Waals surface area contributed by atoms with Gasteiger partial charge in [0.25, 0.3) is 0 Å². The maximum Gasteiger partial charge on any atom is 0.147 e. The van der Waals surface area contributed by atoms with E-state index in [0.29, 0.717) is 11.3 Å². The highest BCUT2D eigenvalue weighted by Crippen LogP contribution is 2.24. The van der Waals surface area contributed by atoms with E-state index >= 15 is 0 Å². The van der Waals surface area contributed by atoms with Gasteiger partial charge in [-0.05, 0) is 11.6 Å². The van der Waals surface area contributed by atoms with Gasteiger partial charge in [0.1, 0.15) is 11.6 Å². The highest BCUT2D eigenvalue weighted by molar-refractivity contribution is 8.01. The topological polar surface area (TPSA) is 17.1 Å². The summed E-state index contributed by atoms with van der Waals surface area (Å²) < 4.78 is 13.6. The van der Waals surface area contributed by atoms with Crippen LogP contribution >= 0.6 is 23.4 Å². The van der Waals surface area contributed by atoms with Crippen molar-refractivity contribution in [1.82, 2.24) is 0 Å². The SMILES string of the molecule is CC(C)(C)SCC(=O)Cc1cccc(Cl)c1F. The van der Waals surface area contributed by atoms with Gasteiger partial charge in [-0.25, -0.2) is 4.39 Å². The molecule has 0 atom stereocenters. The molecule has 0 amide bonds. The number of halogens is 2. The predicted molar refractivity (Wildman–Crippen MR) is 72.3 cm³/mol. The van der Waals surface area contributed by atoms with Crippen molar-refractivity contribution in [2.45, 2.75) is 31.9 Å². The van der Waals surface area contributed by atoms with E-state index in [9.17, 15) is 9.18 Å². The Morgan fingerprint density at radius 1 is 1.41 bits per heavy atom. The summed E-state index contributed by atoms with van der Waals surface area (Å²) >= 11 is 7.22. The first kappa shape index (κ1) is 14.5. The summed E-state index contributed by atoms with van der Waals surface area (Å²) in [6, 6.07) is 4.74. The van der Waals surface area contributed by atoms with Gasteiger partial charge < -0.3 is 0 Å². The quantitative estimate of drug-likeness (QED) is 0.821. The second-order valence-electron chi connectivity index (χ2n) is 4.83. The summed E-state index contributed by atoms with van der Waals surface area (Å²) in [6.45, 7) is 6.14. The van der Waals surface area contributed by atoms with Crippen LogP contribution in [0.2, 0.25) is 5.02 Å². The van der Waals surface area contributed by atoms with Crippen LogP contribution in [0.15, 0.2) is 18.2 Å². The summed E-state index contributed by atoms with van der Waals surface area (Å²) in [4.78, 5) is 11.7. The molecular formula is C13H16ClFOS. The number of hydrogen-bond acceptors (Lipinski definition) is 2. The molecule has 0 fully saturated rings. The van der Waals surface area contributed by atoms with Gasteiger partial charge in [-0.15, -0.1) is 11.8 Å². The Morgan fingerprint density at radius 3 is 2.65 bits per heavy atom. The zero-order valence-corrected chi connectivity index (χ0v) is 11.8. The molecule has 0 bridgehead atoms. The fraction of sp³-hybridized carbons (Fsp3) is 0.462. The minimum absolute atomic E-state index is 0.0195. The van der Waals surface area contributed by atoms with Crippen LogP contribution in [0.1, 0.15) is 26.3 Å². The Hall–Kier alpha value is -0.540. The number of Topliss-reactive ketones (excluding diaryl/α,β-unsaturated/α-hetero) is 1. The Kier molecular flexibility index (Phi) is 5.02. The largest absolute Gasteiger partial charge is 0.298 e. The zero-order chi connectivity index (χ0) is 13.1. The van der Waals surface area contributed by atoms with E-state index in [4.69, 9.17) is 11.6 Å². The van der Waals surface area contributed by atoms with Crippen molar-refractivity contribution >= 4 is 29.1 Å². The molecule has 0 aliphatic carbocycles. The average Bonchev–Trinajstić information content (AvgIpc) is 2.21. The molecule has 0 spiro atoms. The molecule has 17 heavy (non-hydrogen) atoms. The normalized spacial score (nSPS) is 11.6. The van der Waals surface area contributed by atoms with Crippen LogP contribution in [0, 0.1) is 5.82 Å². The summed E-state index contributed by atoms with van der Waals surface area (Å²) in [6.07, 6.45) is 0.107. The van der Waals surface area contributed by atoms with Gasteiger partial charge in [0, 0.05) is 11.2 Å². The molecule has 0 saturated heterocycles. The van der Waals surface area contributed by atoms with Gasteiger partial charge in [-0.3, -0.25) is 4.79 Å². The zero-order valence-electron chi connectivity index (χ0n) is 10.2. The van der Waals surface area contributed by atoms with Gasteiger partial charge in [-0.1, -0.05) is 44.5 Å². The Labute approximate surface area is 111 Å². The minimum Gasteiger partial charge on any atom is -0.298 e. The van der Waals surface area contributed by atoms with Crippen molar-refractivity contribution < 1.29 is 9.18 Å². The first-order chi connectivity index (χ1) is 7.79. The average molecular weight is 275 g/mol. The van der Waals surface area contributed by atoms with Gasteiger partial charge in [0.2, 0.25) is 0 Å². The monoisotopic (exact) mass is 274 g/mol. The number of ketones is 1. The third-order valence-electron chi connectivity index (χ3n) is 2.09. The van der Waals surface area contributed by atoms with E-state index in [1.54, 1.807) is 23.9 Å². The van der Waals surface area contributed by atoms with E-state index in [-0.39, 0.29) is 22.0 Å². The minimum atomic E-state index is -0.483. The van der Waals surface area contributed by atoms with Crippen LogP contribution in [0.25, 0.3) is 0 Å². The third-order valence-corrected chi connectivity index (χ3v) is 3.71. The molecule has 0 radical (unpaired) electrons. The third kappa shape index (κ3) is 5.09. The maximum absolute atomic E-state index is 13.5. The Bertz CT molecular complexity index is 412. The van der Waals surface area contributed by atoms with Crippen LogP contribution in [0.3, 0.4) is 0 Å². The lowest BCUT2D eigenvalue weighted by atomic mass is 10.1. The van der Waals surface area contributed by atoms with Crippen LogP contribution < -0.4 is 0 Å². The Morgan fingerprint density at radius 2 is 2.06 bits per heavy atom. The van der Waals surface area contributed by atoms with Crippen molar-refractivity contribution in [3.8, 4) is 0 Å². The number of carbonyl (C=O) groups is 1. The molecule has 94 valence electrons. The maximum atomic E-state index is 13.5. The summed E-state index contributed by atoms with van der Waals surface area (Å²) in [5.74, 6) is -0.0653. The van der Waals surface area contributed by atoms with E-state index in [1.807, 2.05) is 20.8 Å². The van der Waals surface area contributed by atoms with Crippen molar-refractivity contribution in [1.29, 1.82) is 0 Å². The molecule has 1 rings (SSSR count). The number of benzene rings is 1. The smallest absolute Gasteiger partial charge is 0.147 e. The molecule has 1 aromatic carbocycles. The van der Waals surface area contributed by atoms with E-state index < -0.39 is 5.82 Å².